The number of rotatable bonds is 2. The van der Waals surface area contributed by atoms with Gasteiger partial charge in [-0.05, 0) is 24.3 Å². The predicted molar refractivity (Wildman–Crippen MR) is 79.9 cm³/mol. The van der Waals surface area contributed by atoms with Crippen molar-refractivity contribution in [2.75, 3.05) is 7.11 Å². The molecule has 0 bridgehead atoms. The molecule has 0 spiro atoms. The van der Waals surface area contributed by atoms with Crippen LogP contribution in [0.4, 0.5) is 5.69 Å². The van der Waals surface area contributed by atoms with Crippen molar-refractivity contribution >= 4 is 29.0 Å². The van der Waals surface area contributed by atoms with Crippen molar-refractivity contribution in [2.45, 2.75) is 0 Å². The molecule has 0 amide bonds. The maximum absolute atomic E-state index is 6.10. The van der Waals surface area contributed by atoms with Gasteiger partial charge in [-0.15, -0.1) is 4.99 Å². The molecule has 5 heteroatoms. The second-order valence-electron chi connectivity index (χ2n) is 4.36. The first-order valence-corrected chi connectivity index (χ1v) is 6.48. The van der Waals surface area contributed by atoms with Crippen LogP contribution in [-0.4, -0.2) is 18.8 Å². The van der Waals surface area contributed by atoms with Crippen LogP contribution in [0.1, 0.15) is 11.1 Å². The summed E-state index contributed by atoms with van der Waals surface area (Å²) in [4.78, 5) is 7.64. The number of halogens is 1. The molecule has 1 heterocycles. The number of ether oxygens (including phenoxy) is 1. The molecule has 20 heavy (non-hydrogen) atoms. The van der Waals surface area contributed by atoms with E-state index >= 15 is 0 Å². The van der Waals surface area contributed by atoms with E-state index in [0.29, 0.717) is 16.6 Å². The monoisotopic (exact) mass is 286 g/mol. The molecule has 0 aliphatic carbocycles. The topological polar surface area (TPSA) is 61.6 Å². The van der Waals surface area contributed by atoms with Gasteiger partial charge in [0.25, 0.3) is 5.84 Å². The minimum Gasteiger partial charge on any atom is -0.495 e. The lowest BCUT2D eigenvalue weighted by Crippen LogP contribution is -2.76. The minimum absolute atomic E-state index is 0.526. The predicted octanol–water partition coefficient (Wildman–Crippen LogP) is 1.23. The number of amidine groups is 2. The van der Waals surface area contributed by atoms with Crippen LogP contribution in [0.15, 0.2) is 47.5 Å². The van der Waals surface area contributed by atoms with Crippen LogP contribution in [-0.2, 0) is 0 Å². The lowest BCUT2D eigenvalue weighted by molar-refractivity contribution is -0.311. The number of benzene rings is 2. The molecule has 1 aliphatic heterocycles. The normalized spacial score (nSPS) is 15.1. The Morgan fingerprint density at radius 1 is 1.15 bits per heavy atom. The summed E-state index contributed by atoms with van der Waals surface area (Å²) in [5.74, 6) is 1.96. The van der Waals surface area contributed by atoms with Crippen LogP contribution in [0.25, 0.3) is 0 Å². The molecule has 4 nitrogen and oxygen atoms in total. The number of hydrogen-bond acceptors (Lipinski definition) is 3. The molecule has 0 radical (unpaired) electrons. The molecular formula is C15H13ClN3O+. The van der Waals surface area contributed by atoms with Crippen LogP contribution in [0, 0.1) is 0 Å². The van der Waals surface area contributed by atoms with Crippen molar-refractivity contribution in [3.63, 3.8) is 0 Å². The summed E-state index contributed by atoms with van der Waals surface area (Å²) in [5, 5.41) is 0.526. The number of nitrogens with one attached hydrogen (secondary N) is 1. The van der Waals surface area contributed by atoms with Crippen molar-refractivity contribution in [2.24, 2.45) is 10.7 Å². The third-order valence-electron chi connectivity index (χ3n) is 3.10. The Kier molecular flexibility index (Phi) is 3.16. The van der Waals surface area contributed by atoms with Gasteiger partial charge in [0.1, 0.15) is 11.4 Å². The summed E-state index contributed by atoms with van der Waals surface area (Å²) in [6.45, 7) is 0. The van der Waals surface area contributed by atoms with E-state index in [-0.39, 0.29) is 0 Å². The van der Waals surface area contributed by atoms with E-state index in [1.807, 2.05) is 30.3 Å². The minimum atomic E-state index is 0.526. The Hall–Kier alpha value is -2.33. The van der Waals surface area contributed by atoms with Gasteiger partial charge in [-0.3, -0.25) is 0 Å². The quantitative estimate of drug-likeness (QED) is 0.872. The molecule has 100 valence electrons. The first-order valence-electron chi connectivity index (χ1n) is 6.10. The van der Waals surface area contributed by atoms with E-state index in [2.05, 4.69) is 9.98 Å². The van der Waals surface area contributed by atoms with Gasteiger partial charge < -0.3 is 10.5 Å². The lowest BCUT2D eigenvalue weighted by atomic mass is 10.1. The molecule has 3 N–H and O–H groups in total. The highest BCUT2D eigenvalue weighted by atomic mass is 35.5. The zero-order chi connectivity index (χ0) is 14.1. The molecule has 0 aromatic heterocycles. The Morgan fingerprint density at radius 3 is 2.60 bits per heavy atom. The van der Waals surface area contributed by atoms with Gasteiger partial charge in [-0.2, -0.15) is 0 Å². The number of nitrogens with two attached hydrogens (primary N) is 1. The van der Waals surface area contributed by atoms with Gasteiger partial charge in [0, 0.05) is 6.07 Å². The van der Waals surface area contributed by atoms with Crippen molar-refractivity contribution < 1.29 is 9.73 Å². The highest BCUT2D eigenvalue weighted by Gasteiger charge is 2.23. The van der Waals surface area contributed by atoms with Gasteiger partial charge in [0.05, 0.1) is 23.3 Å². The standard InChI is InChI=1S/C15H12ClN3O/c1-20-13-7-6-9(8-12(13)16)18-15-11-5-3-2-4-10(11)14(17)19-15/h2-8H,1H3,(H2,17,18,19)/p+1. The maximum Gasteiger partial charge on any atom is 0.269 e. The first-order chi connectivity index (χ1) is 9.69. The fourth-order valence-electron chi connectivity index (χ4n) is 2.13. The molecular weight excluding hydrogens is 274 g/mol. The average molecular weight is 287 g/mol. The molecule has 1 aliphatic rings. The number of nitrogen functional groups attached to an aromatic ring is 1. The fourth-order valence-corrected chi connectivity index (χ4v) is 2.38. The second-order valence-corrected chi connectivity index (χ2v) is 4.77. The lowest BCUT2D eigenvalue weighted by Gasteiger charge is -2.01. The van der Waals surface area contributed by atoms with Gasteiger partial charge in [-0.25, -0.2) is 4.99 Å². The third kappa shape index (κ3) is 2.14. The van der Waals surface area contributed by atoms with E-state index in [9.17, 15) is 0 Å². The van der Waals surface area contributed by atoms with E-state index in [1.165, 1.54) is 0 Å². The number of aliphatic imine (C=N–C) groups is 1. The second kappa shape index (κ2) is 4.98. The Labute approximate surface area is 121 Å². The van der Waals surface area contributed by atoms with E-state index in [1.54, 1.807) is 19.2 Å². The average Bonchev–Trinajstić information content (AvgIpc) is 2.76. The molecule has 0 saturated carbocycles. The summed E-state index contributed by atoms with van der Waals surface area (Å²) in [5.41, 5.74) is 8.63. The summed E-state index contributed by atoms with van der Waals surface area (Å²) >= 11 is 6.10. The Balaban J connectivity index is 2.04. The summed E-state index contributed by atoms with van der Waals surface area (Å²) in [7, 11) is 1.58. The van der Waals surface area contributed by atoms with Gasteiger partial charge in [0.2, 0.25) is 5.84 Å². The van der Waals surface area contributed by atoms with E-state index in [0.717, 1.165) is 22.6 Å². The van der Waals surface area contributed by atoms with Crippen LogP contribution in [0.2, 0.25) is 5.02 Å². The number of fused-ring (bicyclic) bond motifs is 1. The molecule has 2 aromatic rings. The molecule has 3 rings (SSSR count). The molecule has 0 unspecified atom stereocenters. The van der Waals surface area contributed by atoms with E-state index < -0.39 is 0 Å². The SMILES string of the molecule is COc1ccc(N=C2[NH+]=C(N)c3ccccc32)cc1Cl. The summed E-state index contributed by atoms with van der Waals surface area (Å²) in [6, 6.07) is 13.2. The largest absolute Gasteiger partial charge is 0.495 e. The molecule has 0 saturated heterocycles. The van der Waals surface area contributed by atoms with Crippen molar-refractivity contribution in [3.05, 3.63) is 58.6 Å². The summed E-state index contributed by atoms with van der Waals surface area (Å²) < 4.78 is 5.12. The Bertz CT molecular complexity index is 738. The molecule has 2 aromatic carbocycles. The number of hydrogen-bond donors (Lipinski definition) is 2. The van der Waals surface area contributed by atoms with Crippen LogP contribution < -0.4 is 15.5 Å². The van der Waals surface area contributed by atoms with Crippen molar-refractivity contribution in [1.29, 1.82) is 0 Å². The summed E-state index contributed by atoms with van der Waals surface area (Å²) in [6.07, 6.45) is 0. The van der Waals surface area contributed by atoms with Crippen molar-refractivity contribution in [1.82, 2.24) is 0 Å². The molecule has 0 fully saturated rings. The van der Waals surface area contributed by atoms with Gasteiger partial charge >= 0.3 is 0 Å². The highest BCUT2D eigenvalue weighted by Crippen LogP contribution is 2.28. The maximum atomic E-state index is 6.10. The first kappa shape index (κ1) is 12.7. The third-order valence-corrected chi connectivity index (χ3v) is 3.40. The fraction of sp³-hybridized carbons (Fsp3) is 0.0667. The smallest absolute Gasteiger partial charge is 0.269 e. The number of nitrogens with zero attached hydrogens (tertiary/aromatic N) is 1. The van der Waals surface area contributed by atoms with Crippen LogP contribution >= 0.6 is 11.6 Å². The zero-order valence-electron chi connectivity index (χ0n) is 10.9. The van der Waals surface area contributed by atoms with Gasteiger partial charge in [-0.1, -0.05) is 23.7 Å². The zero-order valence-corrected chi connectivity index (χ0v) is 11.6. The highest BCUT2D eigenvalue weighted by molar-refractivity contribution is 6.32. The van der Waals surface area contributed by atoms with Crippen LogP contribution in [0.3, 0.4) is 0 Å². The Morgan fingerprint density at radius 2 is 1.90 bits per heavy atom. The van der Waals surface area contributed by atoms with E-state index in [4.69, 9.17) is 22.1 Å². The van der Waals surface area contributed by atoms with Crippen molar-refractivity contribution in [3.8, 4) is 5.75 Å². The molecule has 0 atom stereocenters. The van der Waals surface area contributed by atoms with Gasteiger partial charge in [0.15, 0.2) is 0 Å². The number of methoxy groups -OCH3 is 1. The van der Waals surface area contributed by atoms with Crippen LogP contribution in [0.5, 0.6) is 5.75 Å².